The van der Waals surface area contributed by atoms with E-state index < -0.39 is 0 Å². The van der Waals surface area contributed by atoms with Crippen LogP contribution in [0, 0.1) is 5.92 Å². The molecule has 0 fully saturated rings. The zero-order valence-corrected chi connectivity index (χ0v) is 11.5. The fourth-order valence-corrected chi connectivity index (χ4v) is 1.70. The van der Waals surface area contributed by atoms with Crippen molar-refractivity contribution in [1.29, 1.82) is 0 Å². The molecule has 0 aliphatic rings. The second-order valence-electron chi connectivity index (χ2n) is 5.21. The van der Waals surface area contributed by atoms with Crippen molar-refractivity contribution in [3.8, 4) is 0 Å². The average molecular weight is 248 g/mol. The number of hydrogen-bond donors (Lipinski definition) is 1. The lowest BCUT2D eigenvalue weighted by Gasteiger charge is -2.15. The van der Waals surface area contributed by atoms with E-state index >= 15 is 0 Å². The predicted octanol–water partition coefficient (Wildman–Crippen LogP) is 2.26. The maximum Gasteiger partial charge on any atom is 0.184 e. The molecule has 0 amide bonds. The van der Waals surface area contributed by atoms with E-state index in [0.717, 1.165) is 17.0 Å². The van der Waals surface area contributed by atoms with Crippen LogP contribution < -0.4 is 5.32 Å². The quantitative estimate of drug-likeness (QED) is 0.898. The van der Waals surface area contributed by atoms with Crippen molar-refractivity contribution in [1.82, 2.24) is 25.0 Å². The molecule has 2 aromatic rings. The molecule has 0 bridgehead atoms. The molecule has 0 saturated heterocycles. The van der Waals surface area contributed by atoms with Gasteiger partial charge in [0.05, 0.1) is 6.04 Å². The Labute approximate surface area is 107 Å². The van der Waals surface area contributed by atoms with Crippen LogP contribution >= 0.6 is 0 Å². The molecule has 0 aliphatic carbocycles. The van der Waals surface area contributed by atoms with Gasteiger partial charge in [-0.25, -0.2) is 14.6 Å². The lowest BCUT2D eigenvalue weighted by molar-refractivity contribution is 0.375. The third-order valence-corrected chi connectivity index (χ3v) is 3.04. The molecule has 1 N–H and O–H groups in total. The number of nitrogens with zero attached hydrogens (tertiary/aromatic N) is 5. The monoisotopic (exact) mass is 248 g/mol. The molecule has 18 heavy (non-hydrogen) atoms. The van der Waals surface area contributed by atoms with Gasteiger partial charge in [0.1, 0.15) is 6.33 Å². The predicted molar refractivity (Wildman–Crippen MR) is 71.4 cm³/mol. The highest BCUT2D eigenvalue weighted by atomic mass is 15.5. The van der Waals surface area contributed by atoms with Gasteiger partial charge in [0.25, 0.3) is 0 Å². The van der Waals surface area contributed by atoms with Gasteiger partial charge in [0.2, 0.25) is 0 Å². The first kappa shape index (κ1) is 12.7. The zero-order valence-electron chi connectivity index (χ0n) is 11.5. The van der Waals surface area contributed by atoms with E-state index in [0.29, 0.717) is 12.0 Å². The fraction of sp³-hybridized carbons (Fsp3) is 0.667. The smallest absolute Gasteiger partial charge is 0.184 e. The molecule has 0 aromatic carbocycles. The molecular formula is C12H20N6. The first-order chi connectivity index (χ1) is 8.50. The van der Waals surface area contributed by atoms with Crippen LogP contribution in [0.1, 0.15) is 40.7 Å². The summed E-state index contributed by atoms with van der Waals surface area (Å²) in [6, 6.07) is 0.563. The Morgan fingerprint density at radius 1 is 1.11 bits per heavy atom. The molecule has 1 atom stereocenters. The average Bonchev–Trinajstić information content (AvgIpc) is 2.72. The van der Waals surface area contributed by atoms with E-state index in [1.807, 2.05) is 4.68 Å². The molecule has 0 aliphatic heterocycles. The minimum atomic E-state index is 0.261. The summed E-state index contributed by atoms with van der Waals surface area (Å²) in [7, 11) is 0. The second kappa shape index (κ2) is 4.88. The van der Waals surface area contributed by atoms with Crippen LogP contribution in [0.15, 0.2) is 6.33 Å². The minimum absolute atomic E-state index is 0.261. The molecule has 0 saturated carbocycles. The first-order valence-corrected chi connectivity index (χ1v) is 6.33. The largest absolute Gasteiger partial charge is 0.366 e. The van der Waals surface area contributed by atoms with Gasteiger partial charge in [-0.3, -0.25) is 0 Å². The highest BCUT2D eigenvalue weighted by Crippen LogP contribution is 2.22. The van der Waals surface area contributed by atoms with Crippen molar-refractivity contribution in [2.75, 3.05) is 5.32 Å². The second-order valence-corrected chi connectivity index (χ2v) is 5.21. The molecule has 6 heteroatoms. The van der Waals surface area contributed by atoms with Crippen LogP contribution in [0.25, 0.3) is 11.2 Å². The summed E-state index contributed by atoms with van der Waals surface area (Å²) >= 11 is 0. The van der Waals surface area contributed by atoms with E-state index in [4.69, 9.17) is 0 Å². The van der Waals surface area contributed by atoms with Crippen LogP contribution in [0.2, 0.25) is 0 Å². The minimum Gasteiger partial charge on any atom is -0.366 e. The van der Waals surface area contributed by atoms with Crippen LogP contribution in [0.5, 0.6) is 0 Å². The van der Waals surface area contributed by atoms with Gasteiger partial charge in [0.15, 0.2) is 17.0 Å². The van der Waals surface area contributed by atoms with Gasteiger partial charge in [-0.15, -0.1) is 5.10 Å². The van der Waals surface area contributed by atoms with E-state index in [2.05, 4.69) is 60.2 Å². The maximum absolute atomic E-state index is 4.30. The zero-order chi connectivity index (χ0) is 13.3. The van der Waals surface area contributed by atoms with Gasteiger partial charge in [-0.1, -0.05) is 19.1 Å². The lowest BCUT2D eigenvalue weighted by atomic mass is 10.1. The van der Waals surface area contributed by atoms with Crippen molar-refractivity contribution in [2.45, 2.75) is 46.7 Å². The first-order valence-electron chi connectivity index (χ1n) is 6.33. The molecular weight excluding hydrogens is 228 g/mol. The lowest BCUT2D eigenvalue weighted by Crippen LogP contribution is -2.14. The molecule has 2 heterocycles. The molecule has 1 unspecified atom stereocenters. The van der Waals surface area contributed by atoms with Crippen LogP contribution in [0.3, 0.4) is 0 Å². The number of fused-ring (bicyclic) bond motifs is 1. The van der Waals surface area contributed by atoms with Crippen LogP contribution in [0.4, 0.5) is 5.82 Å². The highest BCUT2D eigenvalue weighted by molar-refractivity contribution is 5.81. The highest BCUT2D eigenvalue weighted by Gasteiger charge is 2.17. The summed E-state index contributed by atoms with van der Waals surface area (Å²) < 4.78 is 1.87. The summed E-state index contributed by atoms with van der Waals surface area (Å²) in [5, 5.41) is 11.7. The third-order valence-electron chi connectivity index (χ3n) is 3.04. The van der Waals surface area contributed by atoms with Gasteiger partial charge in [-0.2, -0.15) is 0 Å². The van der Waals surface area contributed by atoms with Crippen LogP contribution in [-0.2, 0) is 0 Å². The van der Waals surface area contributed by atoms with Crippen molar-refractivity contribution in [2.24, 2.45) is 5.92 Å². The van der Waals surface area contributed by atoms with Gasteiger partial charge >= 0.3 is 0 Å². The Bertz CT molecular complexity index is 530. The van der Waals surface area contributed by atoms with Gasteiger partial charge in [0, 0.05) is 6.04 Å². The molecule has 2 rings (SSSR count). The number of aromatic nitrogens is 5. The molecule has 98 valence electrons. The Morgan fingerprint density at radius 2 is 1.83 bits per heavy atom. The van der Waals surface area contributed by atoms with Crippen molar-refractivity contribution in [3.05, 3.63) is 6.33 Å². The number of nitrogens with one attached hydrogen (secondary N) is 1. The Hall–Kier alpha value is -1.72. The molecule has 6 nitrogen and oxygen atoms in total. The number of hydrogen-bond acceptors (Lipinski definition) is 5. The molecule has 0 spiro atoms. The maximum atomic E-state index is 4.30. The summed E-state index contributed by atoms with van der Waals surface area (Å²) in [5.41, 5.74) is 1.52. The number of rotatable bonds is 4. The number of anilines is 1. The van der Waals surface area contributed by atoms with E-state index in [-0.39, 0.29) is 6.04 Å². The summed E-state index contributed by atoms with van der Waals surface area (Å²) in [6.07, 6.45) is 1.56. The Balaban J connectivity index is 2.48. The standard InChI is InChI=1S/C12H20N6/c1-7(2)9(5)18-12-10(16-17-18)11(13-6-14-12)15-8(3)4/h6-9H,1-5H3,(H,13,14,15). The van der Waals surface area contributed by atoms with Crippen molar-refractivity contribution in [3.63, 3.8) is 0 Å². The van der Waals surface area contributed by atoms with E-state index in [1.165, 1.54) is 0 Å². The van der Waals surface area contributed by atoms with Crippen molar-refractivity contribution >= 4 is 17.0 Å². The third kappa shape index (κ3) is 2.27. The van der Waals surface area contributed by atoms with E-state index in [9.17, 15) is 0 Å². The molecule has 0 radical (unpaired) electrons. The van der Waals surface area contributed by atoms with Crippen molar-refractivity contribution < 1.29 is 0 Å². The van der Waals surface area contributed by atoms with E-state index in [1.54, 1.807) is 6.33 Å². The van der Waals surface area contributed by atoms with Gasteiger partial charge < -0.3 is 5.32 Å². The summed E-state index contributed by atoms with van der Waals surface area (Å²) in [4.78, 5) is 8.53. The fourth-order valence-electron chi connectivity index (χ4n) is 1.70. The topological polar surface area (TPSA) is 68.5 Å². The Morgan fingerprint density at radius 3 is 2.44 bits per heavy atom. The SMILES string of the molecule is CC(C)Nc1ncnc2c1nnn2C(C)C(C)C. The van der Waals surface area contributed by atoms with Crippen LogP contribution in [-0.4, -0.2) is 31.0 Å². The summed E-state index contributed by atoms with van der Waals surface area (Å²) in [5.74, 6) is 1.23. The van der Waals surface area contributed by atoms with Gasteiger partial charge in [-0.05, 0) is 26.7 Å². The Kier molecular flexibility index (Phi) is 3.45. The molecule has 2 aromatic heterocycles. The normalized spacial score (nSPS) is 13.5. The summed E-state index contributed by atoms with van der Waals surface area (Å²) in [6.45, 7) is 10.6.